The zero-order valence-corrected chi connectivity index (χ0v) is 14.0. The molecule has 3 rings (SSSR count). The molecule has 0 saturated heterocycles. The maximum Gasteiger partial charge on any atom is 0.282 e. The number of nitrogens with one attached hydrogen (secondary N) is 1. The molecule has 0 saturated carbocycles. The van der Waals surface area contributed by atoms with Crippen molar-refractivity contribution < 1.29 is 8.42 Å². The van der Waals surface area contributed by atoms with Gasteiger partial charge in [0.25, 0.3) is 10.0 Å². The number of sulfonamides is 1. The second kappa shape index (κ2) is 4.97. The van der Waals surface area contributed by atoms with E-state index >= 15 is 0 Å². The second-order valence-electron chi connectivity index (χ2n) is 4.28. The predicted octanol–water partition coefficient (Wildman–Crippen LogP) is 2.24. The Kier molecular flexibility index (Phi) is 3.38. The van der Waals surface area contributed by atoms with Crippen LogP contribution in [-0.2, 0) is 10.0 Å². The summed E-state index contributed by atoms with van der Waals surface area (Å²) in [7, 11) is -3.88. The minimum absolute atomic E-state index is 0.0379. The zero-order chi connectivity index (χ0) is 15.2. The lowest BCUT2D eigenvalue weighted by Gasteiger charge is -2.09. The van der Waals surface area contributed by atoms with Crippen molar-refractivity contribution in [3.63, 3.8) is 0 Å². The first-order valence-corrected chi connectivity index (χ1v) is 8.90. The van der Waals surface area contributed by atoms with Crippen molar-refractivity contribution in [2.75, 3.05) is 10.5 Å². The number of halogens is 1. The van der Waals surface area contributed by atoms with Crippen LogP contribution in [0.2, 0.25) is 0 Å². The Labute approximate surface area is 133 Å². The fourth-order valence-electron chi connectivity index (χ4n) is 1.87. The fourth-order valence-corrected chi connectivity index (χ4v) is 4.39. The normalized spacial score (nSPS) is 11.9. The molecule has 0 fully saturated rings. The molecule has 3 heterocycles. The van der Waals surface area contributed by atoms with E-state index in [-0.39, 0.29) is 16.7 Å². The van der Waals surface area contributed by atoms with Crippen LogP contribution in [-0.4, -0.2) is 22.8 Å². The van der Waals surface area contributed by atoms with Gasteiger partial charge in [-0.3, -0.25) is 9.12 Å². The van der Waals surface area contributed by atoms with Crippen LogP contribution in [0.3, 0.4) is 0 Å². The quantitative estimate of drug-likeness (QED) is 0.717. The predicted molar refractivity (Wildman–Crippen MR) is 85.0 cm³/mol. The molecule has 3 aromatic heterocycles. The van der Waals surface area contributed by atoms with Gasteiger partial charge >= 0.3 is 0 Å². The van der Waals surface area contributed by atoms with Crippen LogP contribution in [0, 0.1) is 6.92 Å². The molecule has 0 aliphatic heterocycles. The molecule has 110 valence electrons. The molecule has 0 spiro atoms. The highest BCUT2D eigenvalue weighted by Crippen LogP contribution is 2.26. The smallest absolute Gasteiger partial charge is 0.282 e. The molecule has 0 radical (unpaired) electrons. The fraction of sp³-hybridized carbons (Fsp3) is 0.0909. The number of aromatic nitrogens is 3. The van der Waals surface area contributed by atoms with Gasteiger partial charge in [0.15, 0.2) is 10.8 Å². The van der Waals surface area contributed by atoms with Crippen molar-refractivity contribution in [3.05, 3.63) is 33.9 Å². The molecule has 0 bridgehead atoms. The number of pyridine rings is 1. The van der Waals surface area contributed by atoms with Crippen molar-refractivity contribution in [1.29, 1.82) is 0 Å². The van der Waals surface area contributed by atoms with Gasteiger partial charge in [-0.05, 0) is 34.5 Å². The number of fused-ring (bicyclic) bond motifs is 1. The number of hydrogen-bond acceptors (Lipinski definition) is 6. The van der Waals surface area contributed by atoms with Crippen molar-refractivity contribution >= 4 is 53.9 Å². The summed E-state index contributed by atoms with van der Waals surface area (Å²) in [4.78, 5) is 8.62. The summed E-state index contributed by atoms with van der Waals surface area (Å²) in [6, 6.07) is 1.77. The van der Waals surface area contributed by atoms with Gasteiger partial charge in [0, 0.05) is 22.2 Å². The van der Waals surface area contributed by atoms with E-state index in [2.05, 4.69) is 30.6 Å². The number of nitrogens with two attached hydrogens (primary N) is 1. The lowest BCUT2D eigenvalue weighted by atomic mass is 10.3. The molecule has 0 amide bonds. The van der Waals surface area contributed by atoms with Crippen molar-refractivity contribution in [3.8, 4) is 0 Å². The largest absolute Gasteiger partial charge is 0.381 e. The van der Waals surface area contributed by atoms with Crippen molar-refractivity contribution in [1.82, 2.24) is 14.4 Å². The lowest BCUT2D eigenvalue weighted by Crippen LogP contribution is -2.17. The van der Waals surface area contributed by atoms with E-state index in [1.807, 2.05) is 0 Å². The maximum absolute atomic E-state index is 12.5. The molecule has 10 heteroatoms. The van der Waals surface area contributed by atoms with Crippen LogP contribution in [0.4, 0.5) is 11.6 Å². The zero-order valence-electron chi connectivity index (χ0n) is 10.7. The van der Waals surface area contributed by atoms with E-state index in [4.69, 9.17) is 5.73 Å². The number of imidazole rings is 1. The van der Waals surface area contributed by atoms with Crippen LogP contribution in [0.25, 0.3) is 4.96 Å². The first-order chi connectivity index (χ1) is 9.88. The Balaban J connectivity index is 2.08. The number of aryl methyl sites for hydroxylation is 1. The summed E-state index contributed by atoms with van der Waals surface area (Å²) >= 11 is 4.59. The Bertz CT molecular complexity index is 931. The number of nitrogen functional groups attached to an aromatic ring is 1. The van der Waals surface area contributed by atoms with E-state index in [9.17, 15) is 8.42 Å². The molecule has 0 unspecified atom stereocenters. The van der Waals surface area contributed by atoms with Gasteiger partial charge in [0.2, 0.25) is 5.03 Å². The molecular formula is C11H10BrN5O2S2. The standard InChI is InChI=1S/C11H10BrN5O2S2/c1-6-4-7(12)5-14-9(6)16-21(18,19)10-8(13)15-11-17(10)2-3-20-11/h2-5H,13H2,1H3,(H,14,16). The third-order valence-corrected chi connectivity index (χ3v) is 5.34. The van der Waals surface area contributed by atoms with Gasteiger partial charge < -0.3 is 5.73 Å². The highest BCUT2D eigenvalue weighted by Gasteiger charge is 2.25. The summed E-state index contributed by atoms with van der Waals surface area (Å²) in [5.41, 5.74) is 6.42. The van der Waals surface area contributed by atoms with E-state index in [0.29, 0.717) is 10.5 Å². The van der Waals surface area contributed by atoms with Crippen LogP contribution in [0.1, 0.15) is 5.56 Å². The lowest BCUT2D eigenvalue weighted by molar-refractivity contribution is 0.597. The van der Waals surface area contributed by atoms with Crippen LogP contribution < -0.4 is 10.5 Å². The van der Waals surface area contributed by atoms with E-state index in [1.165, 1.54) is 21.9 Å². The summed E-state index contributed by atoms with van der Waals surface area (Å²) in [5, 5.41) is 1.66. The first-order valence-electron chi connectivity index (χ1n) is 5.74. The average Bonchev–Trinajstić information content (AvgIpc) is 2.91. The molecule has 21 heavy (non-hydrogen) atoms. The Morgan fingerprint density at radius 1 is 1.48 bits per heavy atom. The maximum atomic E-state index is 12.5. The van der Waals surface area contributed by atoms with E-state index in [1.54, 1.807) is 24.6 Å². The van der Waals surface area contributed by atoms with Gasteiger partial charge in [0.05, 0.1) is 0 Å². The minimum Gasteiger partial charge on any atom is -0.381 e. The summed E-state index contributed by atoms with van der Waals surface area (Å²) < 4.78 is 29.7. The summed E-state index contributed by atoms with van der Waals surface area (Å²) in [6.07, 6.45) is 3.13. The molecule has 0 aliphatic carbocycles. The van der Waals surface area contributed by atoms with Crippen LogP contribution in [0.15, 0.2) is 33.3 Å². The van der Waals surface area contributed by atoms with Gasteiger partial charge in [-0.25, -0.2) is 9.97 Å². The number of nitrogens with zero attached hydrogens (tertiary/aromatic N) is 3. The van der Waals surface area contributed by atoms with E-state index in [0.717, 1.165) is 4.47 Å². The Morgan fingerprint density at radius 3 is 2.95 bits per heavy atom. The van der Waals surface area contributed by atoms with Crippen molar-refractivity contribution in [2.24, 2.45) is 0 Å². The molecular weight excluding hydrogens is 378 g/mol. The van der Waals surface area contributed by atoms with Gasteiger partial charge in [-0.15, -0.1) is 11.3 Å². The minimum atomic E-state index is -3.88. The molecule has 0 aromatic carbocycles. The Morgan fingerprint density at radius 2 is 2.24 bits per heavy atom. The molecule has 0 atom stereocenters. The monoisotopic (exact) mass is 387 g/mol. The number of hydrogen-bond donors (Lipinski definition) is 2. The average molecular weight is 388 g/mol. The summed E-state index contributed by atoms with van der Waals surface area (Å²) in [5.74, 6) is 0.215. The number of thiazole rings is 1. The number of anilines is 2. The van der Waals surface area contributed by atoms with Crippen LogP contribution >= 0.6 is 27.3 Å². The topological polar surface area (TPSA) is 102 Å². The highest BCUT2D eigenvalue weighted by molar-refractivity contribution is 9.10. The van der Waals surface area contributed by atoms with Gasteiger partial charge in [-0.1, -0.05) is 0 Å². The molecule has 3 N–H and O–H groups in total. The third kappa shape index (κ3) is 2.49. The Hall–Kier alpha value is -1.65. The highest BCUT2D eigenvalue weighted by atomic mass is 79.9. The first kappa shape index (κ1) is 14.3. The number of rotatable bonds is 3. The molecule has 0 aliphatic rings. The molecule has 3 aromatic rings. The van der Waals surface area contributed by atoms with Crippen molar-refractivity contribution in [2.45, 2.75) is 11.9 Å². The second-order valence-corrected chi connectivity index (χ2v) is 7.67. The van der Waals surface area contributed by atoms with Gasteiger partial charge in [-0.2, -0.15) is 8.42 Å². The van der Waals surface area contributed by atoms with Gasteiger partial charge in [0.1, 0.15) is 5.82 Å². The van der Waals surface area contributed by atoms with Crippen LogP contribution in [0.5, 0.6) is 0 Å². The molecule has 7 nitrogen and oxygen atoms in total. The summed E-state index contributed by atoms with van der Waals surface area (Å²) in [6.45, 7) is 1.76. The SMILES string of the molecule is Cc1cc(Br)cnc1NS(=O)(=O)c1c(N)nc2sccn12. The van der Waals surface area contributed by atoms with E-state index < -0.39 is 10.0 Å². The third-order valence-electron chi connectivity index (χ3n) is 2.77.